The second-order valence-corrected chi connectivity index (χ2v) is 3.49. The van der Waals surface area contributed by atoms with Crippen molar-refractivity contribution >= 4 is 11.4 Å². The zero-order valence-corrected chi connectivity index (χ0v) is 11.4. The third-order valence-corrected chi connectivity index (χ3v) is 2.16. The van der Waals surface area contributed by atoms with Crippen LogP contribution in [0.3, 0.4) is 0 Å². The number of aromatic hydroxyl groups is 2. The number of rotatable bonds is 2. The van der Waals surface area contributed by atoms with Crippen LogP contribution >= 0.6 is 0 Å². The van der Waals surface area contributed by atoms with Gasteiger partial charge in [-0.1, -0.05) is 24.3 Å². The van der Waals surface area contributed by atoms with Gasteiger partial charge in [-0.25, -0.2) is 0 Å². The molecule has 0 aliphatic heterocycles. The van der Waals surface area contributed by atoms with Crippen LogP contribution < -0.4 is 0 Å². The number of phenolic OH excluding ortho intramolecular Hbond substituents is 2. The van der Waals surface area contributed by atoms with E-state index in [0.29, 0.717) is 0 Å². The van der Waals surface area contributed by atoms with Gasteiger partial charge in [0.05, 0.1) is 9.85 Å². The van der Waals surface area contributed by atoms with Gasteiger partial charge in [0.2, 0.25) is 0 Å². The third-order valence-electron chi connectivity index (χ3n) is 2.16. The van der Waals surface area contributed by atoms with Crippen molar-refractivity contribution in [2.75, 3.05) is 0 Å². The summed E-state index contributed by atoms with van der Waals surface area (Å²) >= 11 is 0. The van der Waals surface area contributed by atoms with Crippen molar-refractivity contribution in [1.29, 1.82) is 0 Å². The monoisotopic (exact) mass is 337 g/mol. The average Bonchev–Trinajstić information content (AvgIpc) is 2.40. The van der Waals surface area contributed by atoms with Crippen LogP contribution in [0.25, 0.3) is 0 Å². The van der Waals surface area contributed by atoms with Crippen LogP contribution in [0.15, 0.2) is 48.5 Å². The first-order valence-electron chi connectivity index (χ1n) is 5.28. The van der Waals surface area contributed by atoms with E-state index in [0.717, 1.165) is 0 Å². The number of hydrogen-bond donors (Lipinski definition) is 2. The van der Waals surface area contributed by atoms with E-state index in [2.05, 4.69) is 0 Å². The van der Waals surface area contributed by atoms with E-state index in [1.54, 1.807) is 0 Å². The Labute approximate surface area is 129 Å². The van der Waals surface area contributed by atoms with Gasteiger partial charge in [0.1, 0.15) is 0 Å². The van der Waals surface area contributed by atoms with E-state index < -0.39 is 9.85 Å². The summed E-state index contributed by atoms with van der Waals surface area (Å²) in [6.07, 6.45) is 0. The van der Waals surface area contributed by atoms with Crippen LogP contribution in [0.2, 0.25) is 0 Å². The van der Waals surface area contributed by atoms with Crippen LogP contribution in [0.5, 0.6) is 11.5 Å². The first-order valence-corrected chi connectivity index (χ1v) is 5.28. The summed E-state index contributed by atoms with van der Waals surface area (Å²) in [4.78, 5) is 18.9. The largest absolute Gasteiger partial charge is 0.502 e. The van der Waals surface area contributed by atoms with Gasteiger partial charge in [-0.15, -0.1) is 0 Å². The molecule has 0 bridgehead atoms. The van der Waals surface area contributed by atoms with Gasteiger partial charge in [-0.05, 0) is 12.1 Å². The Morgan fingerprint density at radius 1 is 0.714 bits per heavy atom. The molecule has 0 atom stereocenters. The molecule has 21 heavy (non-hydrogen) atoms. The Hall–Kier alpha value is -2.65. The Kier molecular flexibility index (Phi) is 7.43. The molecule has 0 unspecified atom stereocenters. The summed E-state index contributed by atoms with van der Waals surface area (Å²) in [6.45, 7) is 0. The minimum Gasteiger partial charge on any atom is -0.502 e. The Morgan fingerprint density at radius 2 is 1.00 bits per heavy atom. The molecule has 0 heterocycles. The van der Waals surface area contributed by atoms with E-state index in [4.69, 9.17) is 10.2 Å². The maximum absolute atomic E-state index is 10.1. The molecule has 2 N–H and O–H groups in total. The van der Waals surface area contributed by atoms with Crippen molar-refractivity contribution in [2.24, 2.45) is 0 Å². The smallest absolute Gasteiger partial charge is 0.310 e. The minimum absolute atomic E-state index is 0. The van der Waals surface area contributed by atoms with Crippen molar-refractivity contribution in [2.45, 2.75) is 0 Å². The van der Waals surface area contributed by atoms with Gasteiger partial charge in [0.25, 0.3) is 0 Å². The Morgan fingerprint density at radius 3 is 1.19 bits per heavy atom. The average molecular weight is 337 g/mol. The Bertz CT molecular complexity index is 579. The molecule has 0 saturated carbocycles. The molecule has 0 fully saturated rings. The van der Waals surface area contributed by atoms with E-state index >= 15 is 0 Å². The first kappa shape index (κ1) is 18.3. The molecule has 8 nitrogen and oxygen atoms in total. The van der Waals surface area contributed by atoms with Gasteiger partial charge in [-0.2, -0.15) is 0 Å². The van der Waals surface area contributed by atoms with Crippen molar-refractivity contribution in [3.05, 3.63) is 68.8 Å². The maximum atomic E-state index is 10.1. The third kappa shape index (κ3) is 5.46. The van der Waals surface area contributed by atoms with Gasteiger partial charge >= 0.3 is 11.4 Å². The zero-order chi connectivity index (χ0) is 15.1. The van der Waals surface area contributed by atoms with Gasteiger partial charge in [0, 0.05) is 28.9 Å². The summed E-state index contributed by atoms with van der Waals surface area (Å²) < 4.78 is 0. The predicted molar refractivity (Wildman–Crippen MR) is 69.5 cm³/mol. The van der Waals surface area contributed by atoms with E-state index in [1.807, 2.05) is 0 Å². The van der Waals surface area contributed by atoms with Crippen LogP contribution in [0, 0.1) is 20.2 Å². The van der Waals surface area contributed by atoms with Crippen LogP contribution in [-0.4, -0.2) is 20.1 Å². The van der Waals surface area contributed by atoms with E-state index in [9.17, 15) is 20.2 Å². The number of hydrogen-bond acceptors (Lipinski definition) is 6. The number of benzene rings is 2. The summed E-state index contributed by atoms with van der Waals surface area (Å²) in [5.74, 6) is -0.597. The molecular weight excluding hydrogens is 327 g/mol. The van der Waals surface area contributed by atoms with Gasteiger partial charge < -0.3 is 10.2 Å². The van der Waals surface area contributed by atoms with Crippen molar-refractivity contribution < 1.29 is 36.8 Å². The van der Waals surface area contributed by atoms with Crippen molar-refractivity contribution in [1.82, 2.24) is 0 Å². The molecule has 0 amide bonds. The molecule has 0 saturated heterocycles. The Balaban J connectivity index is 0.000000364. The van der Waals surface area contributed by atoms with Gasteiger partial charge in [0.15, 0.2) is 11.5 Å². The molecule has 0 aromatic heterocycles. The number of phenols is 2. The normalized spacial score (nSPS) is 8.76. The van der Waals surface area contributed by atoms with Gasteiger partial charge in [-0.3, -0.25) is 20.2 Å². The molecule has 2 rings (SSSR count). The molecular formula is C12H10CoN2O6. The number of nitrogens with zero attached hydrogens (tertiary/aromatic N) is 2. The number of para-hydroxylation sites is 4. The molecule has 2 aromatic carbocycles. The molecule has 9 heteroatoms. The molecule has 0 spiro atoms. The molecule has 0 aliphatic rings. The minimum atomic E-state index is -0.630. The fourth-order valence-corrected chi connectivity index (χ4v) is 1.24. The maximum Gasteiger partial charge on any atom is 0.310 e. The summed E-state index contributed by atoms with van der Waals surface area (Å²) in [7, 11) is 0. The SMILES string of the molecule is O=[N+]([O-])c1ccccc1O.O=[N+]([O-])c1ccccc1O.[Co]. The van der Waals surface area contributed by atoms with Crippen LogP contribution in [-0.2, 0) is 16.8 Å². The van der Waals surface area contributed by atoms with Crippen LogP contribution in [0.1, 0.15) is 0 Å². The summed E-state index contributed by atoms with van der Waals surface area (Å²) in [6, 6.07) is 11.1. The summed E-state index contributed by atoms with van der Waals surface area (Å²) in [5, 5.41) is 37.8. The molecule has 2 aromatic rings. The topological polar surface area (TPSA) is 127 Å². The molecule has 113 valence electrons. The van der Waals surface area contributed by atoms with E-state index in [1.165, 1.54) is 48.5 Å². The van der Waals surface area contributed by atoms with E-state index in [-0.39, 0.29) is 39.7 Å². The quantitative estimate of drug-likeness (QED) is 0.640. The number of nitro groups is 2. The van der Waals surface area contributed by atoms with Crippen molar-refractivity contribution in [3.8, 4) is 11.5 Å². The first-order chi connectivity index (χ1) is 9.43. The van der Waals surface area contributed by atoms with Crippen molar-refractivity contribution in [3.63, 3.8) is 0 Å². The van der Waals surface area contributed by atoms with Crippen LogP contribution in [0.4, 0.5) is 11.4 Å². The zero-order valence-electron chi connectivity index (χ0n) is 10.4. The summed E-state index contributed by atoms with van der Waals surface area (Å²) in [5.41, 5.74) is -0.523. The second kappa shape index (κ2) is 8.50. The molecule has 1 radical (unpaired) electrons. The molecule has 0 aliphatic carbocycles. The standard InChI is InChI=1S/2C6H5NO3.Co/c2*8-6-4-2-1-3-5(6)7(9)10;/h2*1-4,8H;. The fourth-order valence-electron chi connectivity index (χ4n) is 1.24. The predicted octanol–water partition coefficient (Wildman–Crippen LogP) is 2.60. The fraction of sp³-hybridized carbons (Fsp3) is 0. The number of nitro benzene ring substituents is 2. The second-order valence-electron chi connectivity index (χ2n) is 3.49.